The molecule has 0 aliphatic carbocycles. The van der Waals surface area contributed by atoms with Crippen molar-refractivity contribution in [2.24, 2.45) is 0 Å². The highest BCUT2D eigenvalue weighted by atomic mass is 19.3. The van der Waals surface area contributed by atoms with Crippen molar-refractivity contribution in [3.8, 4) is 5.75 Å². The molecule has 6 heteroatoms. The van der Waals surface area contributed by atoms with Gasteiger partial charge in [0.15, 0.2) is 0 Å². The van der Waals surface area contributed by atoms with Crippen LogP contribution in [-0.2, 0) is 0 Å². The Labute approximate surface area is 115 Å². The second-order valence-electron chi connectivity index (χ2n) is 4.35. The molecule has 0 saturated heterocycles. The lowest BCUT2D eigenvalue weighted by Crippen LogP contribution is -2.02. The Morgan fingerprint density at radius 3 is 2.55 bits per heavy atom. The summed E-state index contributed by atoms with van der Waals surface area (Å²) in [4.78, 5) is 7.81. The highest BCUT2D eigenvalue weighted by molar-refractivity contribution is 5.65. The van der Waals surface area contributed by atoms with Crippen LogP contribution in [0.25, 0.3) is 0 Å². The number of halogens is 2. The van der Waals surface area contributed by atoms with Crippen LogP contribution in [0.3, 0.4) is 0 Å². The van der Waals surface area contributed by atoms with Crippen molar-refractivity contribution in [3.63, 3.8) is 0 Å². The van der Waals surface area contributed by atoms with Gasteiger partial charge in [-0.3, -0.25) is 0 Å². The average Bonchev–Trinajstić information content (AvgIpc) is 2.38. The van der Waals surface area contributed by atoms with Crippen molar-refractivity contribution in [1.82, 2.24) is 9.97 Å². The predicted octanol–water partition coefficient (Wildman–Crippen LogP) is 3.78. The fraction of sp³-hybridized carbons (Fsp3) is 0.286. The van der Waals surface area contributed by atoms with E-state index in [-0.39, 0.29) is 11.5 Å². The number of ether oxygens (including phenoxy) is 1. The molecular formula is C14H15F2N3O. The monoisotopic (exact) mass is 279 g/mol. The third-order valence-corrected chi connectivity index (χ3v) is 2.70. The molecule has 0 atom stereocenters. The molecule has 106 valence electrons. The van der Waals surface area contributed by atoms with Crippen molar-refractivity contribution in [2.75, 3.05) is 12.4 Å². The Morgan fingerprint density at radius 1 is 1.15 bits per heavy atom. The third-order valence-electron chi connectivity index (χ3n) is 2.70. The van der Waals surface area contributed by atoms with Gasteiger partial charge >= 0.3 is 0 Å². The topological polar surface area (TPSA) is 47.0 Å². The van der Waals surface area contributed by atoms with E-state index >= 15 is 0 Å². The number of nitrogens with zero attached hydrogens (tertiary/aromatic N) is 2. The molecule has 1 aromatic heterocycles. The van der Waals surface area contributed by atoms with Gasteiger partial charge in [-0.05, 0) is 31.5 Å². The first-order valence-electron chi connectivity index (χ1n) is 6.05. The Morgan fingerprint density at radius 2 is 1.90 bits per heavy atom. The van der Waals surface area contributed by atoms with Crippen molar-refractivity contribution in [3.05, 3.63) is 41.3 Å². The number of aryl methyl sites for hydroxylation is 2. The van der Waals surface area contributed by atoms with Gasteiger partial charge in [-0.15, -0.1) is 0 Å². The fourth-order valence-corrected chi connectivity index (χ4v) is 1.82. The Bertz CT molecular complexity index is 617. The maximum absolute atomic E-state index is 12.7. The Hall–Kier alpha value is -2.24. The summed E-state index contributed by atoms with van der Waals surface area (Å²) in [7, 11) is 1.55. The standard InChI is InChI=1S/C14H15F2N3O/c1-8-4-5-12(20-3)10(6-8)19-13-7-11(14(15)16)17-9(2)18-13/h4-7,14H,1-3H3,(H,17,18,19). The highest BCUT2D eigenvalue weighted by Gasteiger charge is 2.12. The molecule has 1 heterocycles. The van der Waals surface area contributed by atoms with E-state index in [1.54, 1.807) is 20.1 Å². The Balaban J connectivity index is 2.37. The Kier molecular flexibility index (Phi) is 4.12. The lowest BCUT2D eigenvalue weighted by molar-refractivity contribution is 0.145. The van der Waals surface area contributed by atoms with Crippen LogP contribution in [-0.4, -0.2) is 17.1 Å². The van der Waals surface area contributed by atoms with Gasteiger partial charge in [0.2, 0.25) is 0 Å². The maximum Gasteiger partial charge on any atom is 0.280 e. The second-order valence-corrected chi connectivity index (χ2v) is 4.35. The smallest absolute Gasteiger partial charge is 0.280 e. The van der Waals surface area contributed by atoms with Crippen LogP contribution in [0.5, 0.6) is 5.75 Å². The van der Waals surface area contributed by atoms with Gasteiger partial charge in [0.1, 0.15) is 23.1 Å². The van der Waals surface area contributed by atoms with Crippen LogP contribution < -0.4 is 10.1 Å². The number of hydrogen-bond donors (Lipinski definition) is 1. The summed E-state index contributed by atoms with van der Waals surface area (Å²) in [5.74, 6) is 1.22. The zero-order valence-electron chi connectivity index (χ0n) is 11.4. The maximum atomic E-state index is 12.7. The van der Waals surface area contributed by atoms with Gasteiger partial charge in [0.05, 0.1) is 12.8 Å². The molecule has 2 aromatic rings. The van der Waals surface area contributed by atoms with Crippen LogP contribution in [0, 0.1) is 13.8 Å². The zero-order chi connectivity index (χ0) is 14.7. The van der Waals surface area contributed by atoms with E-state index in [0.29, 0.717) is 17.3 Å². The number of methoxy groups -OCH3 is 1. The molecule has 20 heavy (non-hydrogen) atoms. The van der Waals surface area contributed by atoms with Gasteiger partial charge in [-0.2, -0.15) is 0 Å². The number of rotatable bonds is 4. The SMILES string of the molecule is COc1ccc(C)cc1Nc1cc(C(F)F)nc(C)n1. The molecule has 0 aliphatic heterocycles. The van der Waals surface area contributed by atoms with Crippen molar-refractivity contribution < 1.29 is 13.5 Å². The molecule has 0 bridgehead atoms. The first-order chi connectivity index (χ1) is 9.49. The summed E-state index contributed by atoms with van der Waals surface area (Å²) in [6.45, 7) is 3.50. The average molecular weight is 279 g/mol. The molecule has 0 amide bonds. The number of hydrogen-bond acceptors (Lipinski definition) is 4. The van der Waals surface area contributed by atoms with Crippen molar-refractivity contribution in [1.29, 1.82) is 0 Å². The predicted molar refractivity (Wildman–Crippen MR) is 72.7 cm³/mol. The van der Waals surface area contributed by atoms with E-state index in [0.717, 1.165) is 5.56 Å². The fourth-order valence-electron chi connectivity index (χ4n) is 1.82. The van der Waals surface area contributed by atoms with Crippen LogP contribution in [0.2, 0.25) is 0 Å². The van der Waals surface area contributed by atoms with Crippen molar-refractivity contribution in [2.45, 2.75) is 20.3 Å². The third kappa shape index (κ3) is 3.20. The minimum Gasteiger partial charge on any atom is -0.495 e. The van der Waals surface area contributed by atoms with Gasteiger partial charge < -0.3 is 10.1 Å². The number of aromatic nitrogens is 2. The largest absolute Gasteiger partial charge is 0.495 e. The summed E-state index contributed by atoms with van der Waals surface area (Å²) in [5.41, 5.74) is 1.39. The summed E-state index contributed by atoms with van der Waals surface area (Å²) < 4.78 is 30.7. The summed E-state index contributed by atoms with van der Waals surface area (Å²) >= 11 is 0. The second kappa shape index (κ2) is 5.81. The molecule has 0 aliphatic rings. The zero-order valence-corrected chi connectivity index (χ0v) is 11.4. The van der Waals surface area contributed by atoms with E-state index in [2.05, 4.69) is 15.3 Å². The first-order valence-corrected chi connectivity index (χ1v) is 6.05. The summed E-state index contributed by atoms with van der Waals surface area (Å²) in [5, 5.41) is 2.99. The molecular weight excluding hydrogens is 264 g/mol. The lowest BCUT2D eigenvalue weighted by Gasteiger charge is -2.12. The minimum atomic E-state index is -2.63. The number of anilines is 2. The highest BCUT2D eigenvalue weighted by Crippen LogP contribution is 2.29. The number of benzene rings is 1. The van der Waals surface area contributed by atoms with Crippen LogP contribution in [0.1, 0.15) is 23.5 Å². The molecule has 0 saturated carbocycles. The molecule has 0 spiro atoms. The van der Waals surface area contributed by atoms with Gasteiger partial charge in [-0.1, -0.05) is 6.07 Å². The van der Waals surface area contributed by atoms with E-state index in [4.69, 9.17) is 4.74 Å². The normalized spacial score (nSPS) is 10.7. The van der Waals surface area contributed by atoms with E-state index in [1.165, 1.54) is 6.07 Å². The van der Waals surface area contributed by atoms with Gasteiger partial charge in [-0.25, -0.2) is 18.7 Å². The van der Waals surface area contributed by atoms with Crippen molar-refractivity contribution >= 4 is 11.5 Å². The van der Waals surface area contributed by atoms with Crippen LogP contribution in [0.15, 0.2) is 24.3 Å². The molecule has 0 fully saturated rings. The molecule has 2 rings (SSSR count). The minimum absolute atomic E-state index is 0.289. The molecule has 0 unspecified atom stereocenters. The first kappa shape index (κ1) is 14.2. The number of nitrogens with one attached hydrogen (secondary N) is 1. The van der Waals surface area contributed by atoms with Gasteiger partial charge in [0, 0.05) is 6.07 Å². The molecule has 1 aromatic carbocycles. The quantitative estimate of drug-likeness (QED) is 0.925. The van der Waals surface area contributed by atoms with E-state index < -0.39 is 6.43 Å². The van der Waals surface area contributed by atoms with Gasteiger partial charge in [0.25, 0.3) is 6.43 Å². The van der Waals surface area contributed by atoms with E-state index in [9.17, 15) is 8.78 Å². The molecule has 1 N–H and O–H groups in total. The van der Waals surface area contributed by atoms with Crippen LogP contribution in [0.4, 0.5) is 20.3 Å². The van der Waals surface area contributed by atoms with E-state index in [1.807, 2.05) is 19.1 Å². The number of alkyl halides is 2. The summed E-state index contributed by atoms with van der Waals surface area (Å²) in [6.07, 6.45) is -2.63. The molecule has 0 radical (unpaired) electrons. The summed E-state index contributed by atoms with van der Waals surface area (Å²) in [6, 6.07) is 6.80. The van der Waals surface area contributed by atoms with Crippen LogP contribution >= 0.6 is 0 Å². The lowest BCUT2D eigenvalue weighted by atomic mass is 10.2. The molecule has 4 nitrogen and oxygen atoms in total.